The first kappa shape index (κ1) is 22.0. The number of benzene rings is 1. The minimum atomic E-state index is -1.24. The van der Waals surface area contributed by atoms with Crippen LogP contribution >= 0.6 is 15.9 Å². The fourth-order valence-corrected chi connectivity index (χ4v) is 3.25. The highest BCUT2D eigenvalue weighted by Gasteiger charge is 2.25. The monoisotopic (exact) mass is 505 g/mol. The van der Waals surface area contributed by atoms with E-state index in [1.165, 1.54) is 36.9 Å². The van der Waals surface area contributed by atoms with Crippen molar-refractivity contribution in [2.45, 2.75) is 19.4 Å². The molecule has 0 aliphatic heterocycles. The second-order valence-electron chi connectivity index (χ2n) is 7.30. The quantitative estimate of drug-likeness (QED) is 0.454. The van der Waals surface area contributed by atoms with Gasteiger partial charge in [0.15, 0.2) is 0 Å². The van der Waals surface area contributed by atoms with Crippen LogP contribution in [-0.2, 0) is 11.4 Å². The fraction of sp³-hybridized carbons (Fsp3) is 0.238. The van der Waals surface area contributed by atoms with E-state index >= 15 is 4.39 Å². The Hall–Kier alpha value is -3.18. The number of carbonyl (C=O) groups is 1. The van der Waals surface area contributed by atoms with Crippen molar-refractivity contribution in [1.29, 1.82) is 0 Å². The maximum absolute atomic E-state index is 15.2. The molecule has 1 aliphatic carbocycles. The van der Waals surface area contributed by atoms with Gasteiger partial charge >= 0.3 is 0 Å². The number of nitrogens with one attached hydrogen (secondary N) is 2. The third-order valence-electron chi connectivity index (χ3n) is 4.81. The lowest BCUT2D eigenvalue weighted by atomic mass is 10.2. The highest BCUT2D eigenvalue weighted by molar-refractivity contribution is 9.10. The lowest BCUT2D eigenvalue weighted by molar-refractivity contribution is 0.0270. The standard InChI is InChI=1S/C21H18BrF2N5O3/c22-13-3-4-17(16(23)7-13)27-19-15(20(30)28-32-10-12-1-2-12)9-29(21(31)18(19)24)8-14-5-6-25-11-26-14/h3-7,9,11-12,27H,1-2,8,10H2,(H,28,30). The van der Waals surface area contributed by atoms with Crippen molar-refractivity contribution in [2.24, 2.45) is 5.92 Å². The molecule has 1 aliphatic rings. The zero-order valence-corrected chi connectivity index (χ0v) is 18.2. The highest BCUT2D eigenvalue weighted by atomic mass is 79.9. The van der Waals surface area contributed by atoms with Gasteiger partial charge < -0.3 is 9.88 Å². The van der Waals surface area contributed by atoms with Crippen molar-refractivity contribution < 1.29 is 18.4 Å². The van der Waals surface area contributed by atoms with Crippen molar-refractivity contribution in [3.63, 3.8) is 0 Å². The van der Waals surface area contributed by atoms with Crippen LogP contribution in [0.1, 0.15) is 28.9 Å². The van der Waals surface area contributed by atoms with Crippen LogP contribution in [0.4, 0.5) is 20.2 Å². The number of rotatable bonds is 8. The van der Waals surface area contributed by atoms with Crippen LogP contribution in [0.3, 0.4) is 0 Å². The molecule has 2 N–H and O–H groups in total. The first-order chi connectivity index (χ1) is 15.4. The van der Waals surface area contributed by atoms with Crippen LogP contribution in [0.25, 0.3) is 0 Å². The average Bonchev–Trinajstić information content (AvgIpc) is 3.60. The van der Waals surface area contributed by atoms with E-state index in [0.717, 1.165) is 17.4 Å². The van der Waals surface area contributed by atoms with Gasteiger partial charge in [-0.15, -0.1) is 0 Å². The van der Waals surface area contributed by atoms with E-state index in [0.29, 0.717) is 22.7 Å². The van der Waals surface area contributed by atoms with Crippen LogP contribution in [0, 0.1) is 17.6 Å². The van der Waals surface area contributed by atoms with Gasteiger partial charge in [0.25, 0.3) is 11.5 Å². The molecule has 2 aromatic heterocycles. The first-order valence-electron chi connectivity index (χ1n) is 9.74. The summed E-state index contributed by atoms with van der Waals surface area (Å²) in [5.74, 6) is -2.33. The van der Waals surface area contributed by atoms with Crippen LogP contribution in [0.15, 0.2) is 52.3 Å². The number of hydrogen-bond donors (Lipinski definition) is 2. The van der Waals surface area contributed by atoms with E-state index in [-0.39, 0.29) is 17.8 Å². The van der Waals surface area contributed by atoms with E-state index in [1.54, 1.807) is 6.07 Å². The Morgan fingerprint density at radius 1 is 1.28 bits per heavy atom. The lowest BCUT2D eigenvalue weighted by Gasteiger charge is -2.16. The SMILES string of the molecule is O=C(NOCC1CC1)c1cn(Cc2ccncn2)c(=O)c(F)c1Nc1ccc(Br)cc1F. The van der Waals surface area contributed by atoms with E-state index in [9.17, 15) is 14.0 Å². The third-order valence-corrected chi connectivity index (χ3v) is 5.31. The molecule has 1 saturated carbocycles. The first-order valence-corrected chi connectivity index (χ1v) is 10.5. The smallest absolute Gasteiger partial charge is 0.289 e. The summed E-state index contributed by atoms with van der Waals surface area (Å²) in [5.41, 5.74) is 0.924. The maximum atomic E-state index is 15.2. The molecule has 1 fully saturated rings. The minimum Gasteiger partial charge on any atom is -0.350 e. The van der Waals surface area contributed by atoms with Gasteiger partial charge in [-0.1, -0.05) is 15.9 Å². The van der Waals surface area contributed by atoms with Gasteiger partial charge in [0, 0.05) is 16.9 Å². The van der Waals surface area contributed by atoms with Crippen LogP contribution < -0.4 is 16.4 Å². The maximum Gasteiger partial charge on any atom is 0.289 e. The normalized spacial score (nSPS) is 13.1. The van der Waals surface area contributed by atoms with Gasteiger partial charge in [0.1, 0.15) is 12.1 Å². The molecule has 0 radical (unpaired) electrons. The second-order valence-corrected chi connectivity index (χ2v) is 8.22. The molecular weight excluding hydrogens is 488 g/mol. The van der Waals surface area contributed by atoms with E-state index in [4.69, 9.17) is 4.84 Å². The Balaban J connectivity index is 1.70. The largest absolute Gasteiger partial charge is 0.350 e. The summed E-state index contributed by atoms with van der Waals surface area (Å²) in [6.45, 7) is 0.243. The molecule has 11 heteroatoms. The molecule has 4 rings (SSSR count). The van der Waals surface area contributed by atoms with Crippen molar-refractivity contribution in [3.05, 3.63) is 80.7 Å². The summed E-state index contributed by atoms with van der Waals surface area (Å²) in [4.78, 5) is 38.5. The molecule has 8 nitrogen and oxygen atoms in total. The van der Waals surface area contributed by atoms with E-state index in [2.05, 4.69) is 36.7 Å². The molecule has 2 heterocycles. The third kappa shape index (κ3) is 5.17. The fourth-order valence-electron chi connectivity index (χ4n) is 2.92. The zero-order valence-electron chi connectivity index (χ0n) is 16.6. The average molecular weight is 506 g/mol. The predicted molar refractivity (Wildman–Crippen MR) is 115 cm³/mol. The van der Waals surface area contributed by atoms with E-state index < -0.39 is 28.8 Å². The predicted octanol–water partition coefficient (Wildman–Crippen LogP) is 3.54. The number of halogens is 3. The number of hydroxylamine groups is 1. The molecule has 166 valence electrons. The molecule has 32 heavy (non-hydrogen) atoms. The van der Waals surface area contributed by atoms with Crippen molar-refractivity contribution in [3.8, 4) is 0 Å². The molecule has 0 saturated heterocycles. The number of aromatic nitrogens is 3. The number of carbonyl (C=O) groups excluding carboxylic acids is 1. The van der Waals surface area contributed by atoms with Gasteiger partial charge in [0.05, 0.1) is 35.8 Å². The number of nitrogens with zero attached hydrogens (tertiary/aromatic N) is 3. The van der Waals surface area contributed by atoms with Gasteiger partial charge in [-0.3, -0.25) is 14.4 Å². The summed E-state index contributed by atoms with van der Waals surface area (Å²) in [7, 11) is 0. The lowest BCUT2D eigenvalue weighted by Crippen LogP contribution is -2.31. The Bertz CT molecular complexity index is 1200. The summed E-state index contributed by atoms with van der Waals surface area (Å²) in [5, 5.41) is 2.53. The molecule has 1 aromatic carbocycles. The van der Waals surface area contributed by atoms with Crippen molar-refractivity contribution >= 4 is 33.2 Å². The Morgan fingerprint density at radius 2 is 2.09 bits per heavy atom. The highest BCUT2D eigenvalue weighted by Crippen LogP contribution is 2.29. The topological polar surface area (TPSA) is 98.1 Å². The van der Waals surface area contributed by atoms with E-state index in [1.807, 2.05) is 0 Å². The molecule has 0 spiro atoms. The Kier molecular flexibility index (Phi) is 6.56. The molecule has 0 atom stereocenters. The van der Waals surface area contributed by atoms with Crippen molar-refractivity contribution in [1.82, 2.24) is 20.0 Å². The number of anilines is 2. The molecule has 3 aromatic rings. The molecule has 1 amide bonds. The summed E-state index contributed by atoms with van der Waals surface area (Å²) < 4.78 is 31.0. The summed E-state index contributed by atoms with van der Waals surface area (Å²) >= 11 is 3.15. The van der Waals surface area contributed by atoms with Crippen LogP contribution in [0.2, 0.25) is 0 Å². The van der Waals surface area contributed by atoms with Gasteiger partial charge in [-0.2, -0.15) is 4.39 Å². The Morgan fingerprint density at radius 3 is 2.78 bits per heavy atom. The zero-order chi connectivity index (χ0) is 22.7. The minimum absolute atomic E-state index is 0.0889. The van der Waals surface area contributed by atoms with Gasteiger partial charge in [-0.25, -0.2) is 19.8 Å². The van der Waals surface area contributed by atoms with Crippen molar-refractivity contribution in [2.75, 3.05) is 11.9 Å². The van der Waals surface area contributed by atoms with Crippen LogP contribution in [0.5, 0.6) is 0 Å². The molecule has 0 unspecified atom stereocenters. The van der Waals surface area contributed by atoms with Crippen LogP contribution in [-0.4, -0.2) is 27.0 Å². The second kappa shape index (κ2) is 9.53. The number of pyridine rings is 1. The van der Waals surface area contributed by atoms with Gasteiger partial charge in [-0.05, 0) is 43.0 Å². The molecule has 0 bridgehead atoms. The molecular formula is C21H18BrF2N5O3. The Labute approximate surface area is 189 Å². The van der Waals surface area contributed by atoms with Gasteiger partial charge in [0.2, 0.25) is 5.82 Å². The summed E-state index contributed by atoms with van der Waals surface area (Å²) in [6.07, 6.45) is 5.99. The number of hydrogen-bond acceptors (Lipinski definition) is 6. The number of amides is 1. The summed E-state index contributed by atoms with van der Waals surface area (Å²) in [6, 6.07) is 5.63.